The van der Waals surface area contributed by atoms with Crippen molar-refractivity contribution in [3.63, 3.8) is 0 Å². The van der Waals surface area contributed by atoms with Gasteiger partial charge in [0.15, 0.2) is 9.84 Å². The van der Waals surface area contributed by atoms with Crippen LogP contribution in [0.4, 0.5) is 0 Å². The van der Waals surface area contributed by atoms with Crippen LogP contribution in [0.2, 0.25) is 0 Å². The van der Waals surface area contributed by atoms with Gasteiger partial charge in [-0.3, -0.25) is 14.8 Å². The molecule has 0 N–H and O–H groups in total. The highest BCUT2D eigenvalue weighted by atomic mass is 32.2. The molecule has 2 aliphatic rings. The van der Waals surface area contributed by atoms with Crippen molar-refractivity contribution in [2.75, 3.05) is 31.7 Å². The minimum absolute atomic E-state index is 0.0115. The van der Waals surface area contributed by atoms with E-state index in [1.807, 2.05) is 36.4 Å². The lowest BCUT2D eigenvalue weighted by molar-refractivity contribution is 0.0344. The van der Waals surface area contributed by atoms with E-state index in [-0.39, 0.29) is 23.6 Å². The molecule has 4 rings (SSSR count). The largest absolute Gasteiger partial charge is 0.496 e. The van der Waals surface area contributed by atoms with Crippen molar-refractivity contribution in [2.45, 2.75) is 25.2 Å². The quantitative estimate of drug-likeness (QED) is 0.776. The molecule has 6 nitrogen and oxygen atoms in total. The normalized spacial score (nSPS) is 25.2. The first-order valence-electron chi connectivity index (χ1n) is 9.26. The first kappa shape index (κ1) is 18.4. The van der Waals surface area contributed by atoms with Crippen LogP contribution >= 0.6 is 0 Å². The fraction of sp³-hybridized carbons (Fsp3) is 0.450. The topological polar surface area (TPSA) is 62.7 Å². The van der Waals surface area contributed by atoms with Crippen LogP contribution in [0.3, 0.4) is 0 Å². The molecular formula is C20H25N3O3S. The van der Waals surface area contributed by atoms with Gasteiger partial charge < -0.3 is 4.74 Å². The number of hydrogen-bond acceptors (Lipinski definition) is 6. The van der Waals surface area contributed by atoms with E-state index in [1.54, 1.807) is 13.3 Å². The molecule has 7 heteroatoms. The van der Waals surface area contributed by atoms with Crippen LogP contribution in [0.25, 0.3) is 0 Å². The minimum atomic E-state index is -3.03. The SMILES string of the molecule is COc1ccccc1CN1CCN(Cc2ccccn2)[C@@H]2CS(=O)(=O)C[C@@H]21. The molecular weight excluding hydrogens is 362 g/mol. The number of fused-ring (bicyclic) bond motifs is 1. The predicted octanol–water partition coefficient (Wildman–Crippen LogP) is 1.57. The number of para-hydroxylation sites is 1. The molecule has 144 valence electrons. The highest BCUT2D eigenvalue weighted by Crippen LogP contribution is 2.30. The second-order valence-electron chi connectivity index (χ2n) is 7.29. The summed E-state index contributed by atoms with van der Waals surface area (Å²) in [7, 11) is -1.36. The fourth-order valence-corrected chi connectivity index (χ4v) is 6.28. The number of ether oxygens (including phenoxy) is 1. The first-order valence-corrected chi connectivity index (χ1v) is 11.1. The van der Waals surface area contributed by atoms with Gasteiger partial charge in [0.25, 0.3) is 0 Å². The summed E-state index contributed by atoms with van der Waals surface area (Å²) < 4.78 is 30.3. The number of hydrogen-bond donors (Lipinski definition) is 0. The van der Waals surface area contributed by atoms with Crippen molar-refractivity contribution in [3.8, 4) is 5.75 Å². The third-order valence-corrected chi connectivity index (χ3v) is 7.26. The summed E-state index contributed by atoms with van der Waals surface area (Å²) in [5.74, 6) is 1.31. The number of piperazine rings is 1. The maximum Gasteiger partial charge on any atom is 0.153 e. The first-order chi connectivity index (χ1) is 13.1. The number of nitrogens with zero attached hydrogens (tertiary/aromatic N) is 3. The Balaban J connectivity index is 1.55. The second-order valence-corrected chi connectivity index (χ2v) is 9.44. The monoisotopic (exact) mass is 387 g/mol. The van der Waals surface area contributed by atoms with Gasteiger partial charge >= 0.3 is 0 Å². The molecule has 2 saturated heterocycles. The molecule has 0 saturated carbocycles. The van der Waals surface area contributed by atoms with Gasteiger partial charge in [0.05, 0.1) is 24.3 Å². The summed E-state index contributed by atoms with van der Waals surface area (Å²) in [6, 6.07) is 13.9. The van der Waals surface area contributed by atoms with E-state index in [0.29, 0.717) is 13.1 Å². The summed E-state index contributed by atoms with van der Waals surface area (Å²) >= 11 is 0. The van der Waals surface area contributed by atoms with Gasteiger partial charge in [0.2, 0.25) is 0 Å². The molecule has 0 aliphatic carbocycles. The smallest absolute Gasteiger partial charge is 0.153 e. The molecule has 0 bridgehead atoms. The molecule has 0 amide bonds. The Bertz CT molecular complexity index is 888. The molecule has 2 aliphatic heterocycles. The average Bonchev–Trinajstić information content (AvgIpc) is 3.01. The van der Waals surface area contributed by atoms with E-state index in [2.05, 4.69) is 20.9 Å². The Morgan fingerprint density at radius 2 is 1.67 bits per heavy atom. The van der Waals surface area contributed by atoms with Crippen molar-refractivity contribution < 1.29 is 13.2 Å². The van der Waals surface area contributed by atoms with Crippen LogP contribution < -0.4 is 4.74 Å². The summed E-state index contributed by atoms with van der Waals surface area (Å²) in [6.07, 6.45) is 1.79. The van der Waals surface area contributed by atoms with Crippen LogP contribution in [0.1, 0.15) is 11.3 Å². The van der Waals surface area contributed by atoms with Gasteiger partial charge in [-0.1, -0.05) is 24.3 Å². The Labute approximate surface area is 160 Å². The van der Waals surface area contributed by atoms with E-state index in [9.17, 15) is 8.42 Å². The van der Waals surface area contributed by atoms with E-state index in [1.165, 1.54) is 0 Å². The number of aromatic nitrogens is 1. The Morgan fingerprint density at radius 1 is 1.00 bits per heavy atom. The second kappa shape index (κ2) is 7.58. The molecule has 2 atom stereocenters. The average molecular weight is 388 g/mol. The maximum atomic E-state index is 12.4. The van der Waals surface area contributed by atoms with Crippen LogP contribution in [0.5, 0.6) is 5.75 Å². The Hall–Kier alpha value is -1.96. The lowest BCUT2D eigenvalue weighted by Crippen LogP contribution is -2.58. The molecule has 3 heterocycles. The molecule has 27 heavy (non-hydrogen) atoms. The maximum absolute atomic E-state index is 12.4. The number of rotatable bonds is 5. The molecule has 0 radical (unpaired) electrons. The van der Waals surface area contributed by atoms with Gasteiger partial charge in [0.1, 0.15) is 5.75 Å². The number of benzene rings is 1. The zero-order valence-corrected chi connectivity index (χ0v) is 16.3. The van der Waals surface area contributed by atoms with Crippen molar-refractivity contribution in [3.05, 3.63) is 59.9 Å². The standard InChI is InChI=1S/C20H25N3O3S/c1-26-20-8-3-2-6-16(20)12-22-10-11-23(13-17-7-4-5-9-21-17)19-15-27(24,25)14-18(19)22/h2-9,18-19H,10-15H2,1H3/t18-,19+/m0/s1. The zero-order chi connectivity index (χ0) is 18.9. The van der Waals surface area contributed by atoms with E-state index >= 15 is 0 Å². The number of sulfone groups is 1. The number of methoxy groups -OCH3 is 1. The molecule has 1 aromatic carbocycles. The lowest BCUT2D eigenvalue weighted by atomic mass is 10.0. The van der Waals surface area contributed by atoms with E-state index in [4.69, 9.17) is 4.74 Å². The summed E-state index contributed by atoms with van der Waals surface area (Å²) in [5, 5.41) is 0. The highest BCUT2D eigenvalue weighted by molar-refractivity contribution is 7.91. The van der Waals surface area contributed by atoms with Crippen molar-refractivity contribution in [1.82, 2.24) is 14.8 Å². The fourth-order valence-electron chi connectivity index (χ4n) is 4.24. The molecule has 2 fully saturated rings. The van der Waals surface area contributed by atoms with Gasteiger partial charge in [-0.15, -0.1) is 0 Å². The van der Waals surface area contributed by atoms with E-state index < -0.39 is 9.84 Å². The van der Waals surface area contributed by atoms with Crippen LogP contribution in [-0.2, 0) is 22.9 Å². The van der Waals surface area contributed by atoms with Gasteiger partial charge in [-0.25, -0.2) is 8.42 Å². The Kier molecular flexibility index (Phi) is 5.16. The third kappa shape index (κ3) is 4.00. The molecule has 1 aromatic heterocycles. The number of pyridine rings is 1. The van der Waals surface area contributed by atoms with Crippen molar-refractivity contribution in [2.24, 2.45) is 0 Å². The van der Waals surface area contributed by atoms with Gasteiger partial charge in [-0.05, 0) is 18.2 Å². The van der Waals surface area contributed by atoms with E-state index in [0.717, 1.165) is 30.1 Å². The molecule has 0 spiro atoms. The minimum Gasteiger partial charge on any atom is -0.496 e. The summed E-state index contributed by atoms with van der Waals surface area (Å²) in [4.78, 5) is 9.01. The molecule has 0 unspecified atom stereocenters. The zero-order valence-electron chi connectivity index (χ0n) is 15.5. The van der Waals surface area contributed by atoms with Crippen molar-refractivity contribution in [1.29, 1.82) is 0 Å². The lowest BCUT2D eigenvalue weighted by Gasteiger charge is -2.44. The third-order valence-electron chi connectivity index (χ3n) is 5.56. The highest BCUT2D eigenvalue weighted by Gasteiger charge is 2.46. The van der Waals surface area contributed by atoms with Crippen LogP contribution in [-0.4, -0.2) is 67.0 Å². The summed E-state index contributed by atoms with van der Waals surface area (Å²) in [6.45, 7) is 3.07. The Morgan fingerprint density at radius 3 is 2.33 bits per heavy atom. The van der Waals surface area contributed by atoms with Crippen molar-refractivity contribution >= 4 is 9.84 Å². The predicted molar refractivity (Wildman–Crippen MR) is 104 cm³/mol. The summed E-state index contributed by atoms with van der Waals surface area (Å²) in [5.41, 5.74) is 2.08. The van der Waals surface area contributed by atoms with Gasteiger partial charge in [0, 0.05) is 50.0 Å². The van der Waals surface area contributed by atoms with Gasteiger partial charge in [-0.2, -0.15) is 0 Å². The van der Waals surface area contributed by atoms with Crippen LogP contribution in [0, 0.1) is 0 Å². The molecule has 2 aromatic rings. The van der Waals surface area contributed by atoms with Crippen LogP contribution in [0.15, 0.2) is 48.7 Å².